The molecule has 1 nitrogen and oxygen atoms in total. The number of aryl methyl sites for hydroxylation is 1. The van der Waals surface area contributed by atoms with Gasteiger partial charge in [-0.15, -0.1) is 11.8 Å². The Hall–Kier alpha value is 0.200. The van der Waals surface area contributed by atoms with Crippen molar-refractivity contribution in [2.75, 3.05) is 5.75 Å². The molecule has 0 aliphatic carbocycles. The van der Waals surface area contributed by atoms with Gasteiger partial charge >= 0.3 is 0 Å². The van der Waals surface area contributed by atoms with Crippen LogP contribution in [0, 0.1) is 0 Å². The van der Waals surface area contributed by atoms with E-state index in [9.17, 15) is 4.79 Å². The molecular formula is C6H6OS3. The van der Waals surface area contributed by atoms with Crippen LogP contribution in [0.1, 0.15) is 11.3 Å². The Morgan fingerprint density at radius 1 is 1.30 bits per heavy atom. The second-order valence-corrected chi connectivity index (χ2v) is 5.79. The zero-order chi connectivity index (χ0) is 6.97. The molecule has 0 aromatic carbocycles. The molecule has 0 atom stereocenters. The van der Waals surface area contributed by atoms with Gasteiger partial charge in [-0.05, 0) is 18.6 Å². The Balaban J connectivity index is 2.50. The Labute approximate surface area is 71.1 Å². The molecule has 0 spiro atoms. The van der Waals surface area contributed by atoms with Gasteiger partial charge in [0.1, 0.15) is 0 Å². The van der Waals surface area contributed by atoms with E-state index in [1.54, 1.807) is 0 Å². The van der Waals surface area contributed by atoms with Gasteiger partial charge in [-0.25, -0.2) is 0 Å². The fourth-order valence-electron chi connectivity index (χ4n) is 0.956. The molecule has 4 heteroatoms. The quantitative estimate of drug-likeness (QED) is 0.624. The molecule has 1 aliphatic heterocycles. The third-order valence-electron chi connectivity index (χ3n) is 1.39. The monoisotopic (exact) mass is 190 g/mol. The fraction of sp³-hybridized carbons (Fsp3) is 0.500. The highest BCUT2D eigenvalue weighted by atomic mass is 32.2. The average Bonchev–Trinajstić information content (AvgIpc) is 2.27. The predicted octanol–water partition coefficient (Wildman–Crippen LogP) is 2.21. The van der Waals surface area contributed by atoms with Crippen molar-refractivity contribution in [1.82, 2.24) is 0 Å². The van der Waals surface area contributed by atoms with Gasteiger partial charge in [-0.2, -0.15) is 0 Å². The van der Waals surface area contributed by atoms with Gasteiger partial charge in [0.05, 0.1) is 4.21 Å². The topological polar surface area (TPSA) is 17.1 Å². The van der Waals surface area contributed by atoms with Crippen LogP contribution in [0.2, 0.25) is 0 Å². The molecule has 2 heterocycles. The minimum absolute atomic E-state index is 0.263. The van der Waals surface area contributed by atoms with Gasteiger partial charge in [0.25, 0.3) is 4.06 Å². The molecule has 0 bridgehead atoms. The van der Waals surface area contributed by atoms with E-state index in [0.29, 0.717) is 0 Å². The van der Waals surface area contributed by atoms with Gasteiger partial charge in [0.2, 0.25) is 0 Å². The van der Waals surface area contributed by atoms with Crippen molar-refractivity contribution in [3.63, 3.8) is 0 Å². The summed E-state index contributed by atoms with van der Waals surface area (Å²) in [6.07, 6.45) is 2.37. The maximum absolute atomic E-state index is 10.9. The lowest BCUT2D eigenvalue weighted by Gasteiger charge is -2.06. The second kappa shape index (κ2) is 2.68. The van der Waals surface area contributed by atoms with Crippen molar-refractivity contribution in [2.45, 2.75) is 17.1 Å². The molecule has 0 N–H and O–H groups in total. The van der Waals surface area contributed by atoms with Crippen molar-refractivity contribution in [1.29, 1.82) is 0 Å². The standard InChI is InChI=1S/C6H6OS3/c7-6-9-4-2-1-3-8-5(4)10-6/h1-3H2. The molecule has 0 amide bonds. The highest BCUT2D eigenvalue weighted by Gasteiger charge is 2.13. The summed E-state index contributed by atoms with van der Waals surface area (Å²) >= 11 is 4.69. The van der Waals surface area contributed by atoms with Crippen molar-refractivity contribution in [3.8, 4) is 0 Å². The average molecular weight is 190 g/mol. The Bertz CT molecular complexity index is 259. The van der Waals surface area contributed by atoms with Gasteiger partial charge < -0.3 is 0 Å². The van der Waals surface area contributed by atoms with Crippen LogP contribution in [0.4, 0.5) is 0 Å². The van der Waals surface area contributed by atoms with E-state index in [4.69, 9.17) is 0 Å². The predicted molar refractivity (Wildman–Crippen MR) is 47.5 cm³/mol. The number of hydrogen-bond acceptors (Lipinski definition) is 4. The van der Waals surface area contributed by atoms with Crippen LogP contribution in [-0.4, -0.2) is 5.75 Å². The minimum atomic E-state index is 0.263. The van der Waals surface area contributed by atoms with Crippen molar-refractivity contribution in [3.05, 3.63) is 13.7 Å². The third kappa shape index (κ3) is 1.15. The van der Waals surface area contributed by atoms with E-state index >= 15 is 0 Å². The highest BCUT2D eigenvalue weighted by molar-refractivity contribution is 8.01. The minimum Gasteiger partial charge on any atom is -0.265 e. The first-order valence-corrected chi connectivity index (χ1v) is 5.74. The zero-order valence-corrected chi connectivity index (χ0v) is 7.70. The number of rotatable bonds is 0. The molecule has 0 fully saturated rings. The van der Waals surface area contributed by atoms with Gasteiger partial charge in [0, 0.05) is 4.88 Å². The summed E-state index contributed by atoms with van der Waals surface area (Å²) in [5, 5.41) is 0. The Kier molecular flexibility index (Phi) is 1.84. The van der Waals surface area contributed by atoms with E-state index in [1.807, 2.05) is 11.8 Å². The highest BCUT2D eigenvalue weighted by Crippen LogP contribution is 2.34. The first kappa shape index (κ1) is 6.88. The largest absolute Gasteiger partial charge is 0.288 e. The van der Waals surface area contributed by atoms with E-state index < -0.39 is 0 Å². The lowest BCUT2D eigenvalue weighted by Crippen LogP contribution is -1.91. The number of hydrogen-bond donors (Lipinski definition) is 0. The summed E-state index contributed by atoms with van der Waals surface area (Å²) < 4.78 is 1.54. The van der Waals surface area contributed by atoms with Gasteiger partial charge in [-0.3, -0.25) is 4.79 Å². The summed E-state index contributed by atoms with van der Waals surface area (Å²) in [4.78, 5) is 12.2. The van der Waals surface area contributed by atoms with Crippen molar-refractivity contribution >= 4 is 34.4 Å². The molecule has 10 heavy (non-hydrogen) atoms. The SMILES string of the molecule is O=c1sc2c(s1)SCCC2. The molecule has 1 aromatic heterocycles. The second-order valence-electron chi connectivity index (χ2n) is 2.12. The molecule has 2 rings (SSSR count). The van der Waals surface area contributed by atoms with Crippen molar-refractivity contribution < 1.29 is 0 Å². The van der Waals surface area contributed by atoms with Crippen LogP contribution in [0.5, 0.6) is 0 Å². The molecule has 54 valence electrons. The van der Waals surface area contributed by atoms with Gasteiger partial charge in [0.15, 0.2) is 0 Å². The van der Waals surface area contributed by atoms with Crippen LogP contribution in [0.15, 0.2) is 9.00 Å². The third-order valence-corrected chi connectivity index (χ3v) is 5.17. The maximum Gasteiger partial charge on any atom is 0.288 e. The number of fused-ring (bicyclic) bond motifs is 1. The van der Waals surface area contributed by atoms with Crippen LogP contribution in [-0.2, 0) is 6.42 Å². The van der Waals surface area contributed by atoms with Crippen LogP contribution in [0.3, 0.4) is 0 Å². The normalized spacial score (nSPS) is 16.8. The smallest absolute Gasteiger partial charge is 0.265 e. The summed E-state index contributed by atoms with van der Waals surface area (Å²) in [6, 6.07) is 0. The van der Waals surface area contributed by atoms with E-state index in [1.165, 1.54) is 43.9 Å². The first-order chi connectivity index (χ1) is 4.86. The molecule has 0 saturated carbocycles. The summed E-state index contributed by atoms with van der Waals surface area (Å²) in [5.41, 5.74) is 0. The molecule has 1 aliphatic rings. The molecule has 0 radical (unpaired) electrons. The van der Waals surface area contributed by atoms with E-state index in [2.05, 4.69) is 0 Å². The zero-order valence-electron chi connectivity index (χ0n) is 5.25. The lowest BCUT2D eigenvalue weighted by molar-refractivity contribution is 0.922. The Morgan fingerprint density at radius 2 is 2.20 bits per heavy atom. The fourth-order valence-corrected chi connectivity index (χ4v) is 4.73. The molecular weight excluding hydrogens is 184 g/mol. The van der Waals surface area contributed by atoms with Gasteiger partial charge in [-0.1, -0.05) is 22.7 Å². The maximum atomic E-state index is 10.9. The Morgan fingerprint density at radius 3 is 3.00 bits per heavy atom. The summed E-state index contributed by atoms with van der Waals surface area (Å²) in [6.45, 7) is 0. The van der Waals surface area contributed by atoms with Crippen LogP contribution >= 0.6 is 34.4 Å². The molecule has 0 unspecified atom stereocenters. The van der Waals surface area contributed by atoms with Crippen LogP contribution < -0.4 is 4.06 Å². The first-order valence-electron chi connectivity index (χ1n) is 3.12. The lowest BCUT2D eigenvalue weighted by atomic mass is 10.3. The molecule has 0 saturated heterocycles. The van der Waals surface area contributed by atoms with E-state index in [-0.39, 0.29) is 4.06 Å². The summed E-state index contributed by atoms with van der Waals surface area (Å²) in [7, 11) is 0. The van der Waals surface area contributed by atoms with E-state index in [0.717, 1.165) is 6.42 Å². The number of thioether (sulfide) groups is 1. The summed E-state index contributed by atoms with van der Waals surface area (Å²) in [5.74, 6) is 1.19. The van der Waals surface area contributed by atoms with Crippen molar-refractivity contribution in [2.24, 2.45) is 0 Å². The van der Waals surface area contributed by atoms with Crippen LogP contribution in [0.25, 0.3) is 0 Å². The molecule has 1 aromatic rings.